The second-order valence-corrected chi connectivity index (χ2v) is 16.7. The number of aromatic amines is 2. The highest BCUT2D eigenvalue weighted by Crippen LogP contribution is 2.45. The molecule has 10 rings (SSSR count). The minimum Gasteiger partial charge on any atom is -0.292 e. The third-order valence-electron chi connectivity index (χ3n) is 10.8. The molecule has 0 amide bonds. The van der Waals surface area contributed by atoms with Crippen LogP contribution in [0.5, 0.6) is 0 Å². The van der Waals surface area contributed by atoms with E-state index in [1.165, 1.54) is 22.3 Å². The van der Waals surface area contributed by atoms with E-state index >= 15 is 0 Å². The van der Waals surface area contributed by atoms with Crippen LogP contribution in [0.4, 0.5) is 0 Å². The third-order valence-corrected chi connectivity index (χ3v) is 13.5. The zero-order chi connectivity index (χ0) is 33.0. The summed E-state index contributed by atoms with van der Waals surface area (Å²) in [5, 5.41) is 32.5. The number of carbonyl (C=O) groups excluding carboxylic acids is 2. The Balaban J connectivity index is 0.000000133. The van der Waals surface area contributed by atoms with Crippen LogP contribution in [-0.2, 0) is 23.7 Å². The van der Waals surface area contributed by atoms with E-state index < -0.39 is 0 Å². The molecule has 2 fully saturated rings. The van der Waals surface area contributed by atoms with Gasteiger partial charge >= 0.3 is 0 Å². The number of hydrogen-bond donors (Lipinski definition) is 2. The number of nitrogens with zero attached hydrogens (tertiary/aromatic N) is 2. The van der Waals surface area contributed by atoms with E-state index in [9.17, 15) is 9.59 Å². The van der Waals surface area contributed by atoms with Crippen LogP contribution in [0.1, 0.15) is 97.8 Å². The normalized spacial score (nSPS) is 18.6. The Hall–Kier alpha value is -3.96. The summed E-state index contributed by atoms with van der Waals surface area (Å²) >= 11 is 6.89. The van der Waals surface area contributed by atoms with Gasteiger partial charge in [0.05, 0.1) is 0 Å². The first-order valence-electron chi connectivity index (χ1n) is 16.8. The van der Waals surface area contributed by atoms with E-state index in [0.717, 1.165) is 67.5 Å². The lowest BCUT2D eigenvalue weighted by molar-refractivity contribution is 0.0849. The van der Waals surface area contributed by atoms with Gasteiger partial charge in [0, 0.05) is 58.0 Å². The molecular weight excluding hydrogens is 685 g/mol. The molecule has 6 nitrogen and oxygen atoms in total. The Kier molecular flexibility index (Phi) is 7.87. The second-order valence-electron chi connectivity index (χ2n) is 13.6. The molecule has 49 heavy (non-hydrogen) atoms. The van der Waals surface area contributed by atoms with E-state index in [4.69, 9.17) is 0 Å². The molecule has 246 valence electrons. The largest absolute Gasteiger partial charge is 0.292 e. The quantitative estimate of drug-likeness (QED) is 0.153. The summed E-state index contributed by atoms with van der Waals surface area (Å²) in [6, 6.07) is 8.80. The summed E-state index contributed by atoms with van der Waals surface area (Å²) in [5.74, 6) is 0.801. The number of thiophene rings is 4. The molecule has 2 saturated carbocycles. The molecule has 6 heterocycles. The van der Waals surface area contributed by atoms with Gasteiger partial charge in [-0.25, -0.2) is 0 Å². The van der Waals surface area contributed by atoms with Crippen molar-refractivity contribution in [3.63, 3.8) is 0 Å². The lowest BCUT2D eigenvalue weighted by Gasteiger charge is -2.32. The number of ketones is 2. The number of H-pyrrole nitrogens is 2. The first-order chi connectivity index (χ1) is 24.1. The number of allylic oxidation sites excluding steroid dienone is 2. The molecule has 4 aliphatic carbocycles. The molecule has 0 radical (unpaired) electrons. The summed E-state index contributed by atoms with van der Waals surface area (Å²) in [6.45, 7) is 0. The summed E-state index contributed by atoms with van der Waals surface area (Å²) in [6.07, 6.45) is 15.6. The maximum atomic E-state index is 12.7. The number of aromatic nitrogens is 4. The van der Waals surface area contributed by atoms with E-state index in [0.29, 0.717) is 11.4 Å². The van der Waals surface area contributed by atoms with Gasteiger partial charge in [0.1, 0.15) is 11.4 Å². The fourth-order valence-corrected chi connectivity index (χ4v) is 10.5. The molecule has 0 aromatic carbocycles. The fourth-order valence-electron chi connectivity index (χ4n) is 7.51. The first-order valence-corrected chi connectivity index (χ1v) is 20.5. The molecule has 2 N–H and O–H groups in total. The maximum absolute atomic E-state index is 12.7. The SMILES string of the molecule is O=C(c1n[nH]c2c1C=CC(c1ccsc1)(c1ccsc1)C2)C1CC1.O=C(c1n[nH]c2c1C=CC(c1ccsc1)(c1ccsc1)C2)C1CCC1. The van der Waals surface area contributed by atoms with E-state index in [-0.39, 0.29) is 34.2 Å². The van der Waals surface area contributed by atoms with Gasteiger partial charge in [-0.3, -0.25) is 19.8 Å². The number of Topliss-reactive ketones (excluding diaryl/α,β-unsaturated/α-hetero) is 2. The molecule has 0 unspecified atom stereocenters. The van der Waals surface area contributed by atoms with E-state index in [2.05, 4.69) is 112 Å². The fraction of sp³-hybridized carbons (Fsp3) is 0.282. The van der Waals surface area contributed by atoms with Crippen molar-refractivity contribution in [2.45, 2.75) is 55.8 Å². The zero-order valence-corrected chi connectivity index (χ0v) is 30.0. The predicted molar refractivity (Wildman–Crippen MR) is 200 cm³/mol. The van der Waals surface area contributed by atoms with Crippen molar-refractivity contribution in [1.82, 2.24) is 20.4 Å². The van der Waals surface area contributed by atoms with Gasteiger partial charge in [-0.1, -0.05) is 30.7 Å². The van der Waals surface area contributed by atoms with Crippen LogP contribution in [0.3, 0.4) is 0 Å². The first kappa shape index (κ1) is 31.1. The van der Waals surface area contributed by atoms with Gasteiger partial charge in [-0.2, -0.15) is 55.5 Å². The van der Waals surface area contributed by atoms with Crippen molar-refractivity contribution in [2.24, 2.45) is 11.8 Å². The molecule has 0 spiro atoms. The summed E-state index contributed by atoms with van der Waals surface area (Å²) in [4.78, 5) is 25.1. The number of carbonyl (C=O) groups is 2. The van der Waals surface area contributed by atoms with Crippen molar-refractivity contribution in [2.75, 3.05) is 0 Å². The third kappa shape index (κ3) is 5.31. The Morgan fingerprint density at radius 3 is 1.29 bits per heavy atom. The highest BCUT2D eigenvalue weighted by Gasteiger charge is 2.41. The average molecular weight is 719 g/mol. The van der Waals surface area contributed by atoms with Crippen molar-refractivity contribution in [1.29, 1.82) is 0 Å². The lowest BCUT2D eigenvalue weighted by Crippen LogP contribution is -2.30. The molecule has 4 aliphatic rings. The molecule has 0 saturated heterocycles. The Morgan fingerprint density at radius 2 is 0.980 bits per heavy atom. The van der Waals surface area contributed by atoms with Crippen LogP contribution >= 0.6 is 45.3 Å². The van der Waals surface area contributed by atoms with Crippen molar-refractivity contribution in [3.8, 4) is 0 Å². The van der Waals surface area contributed by atoms with Gasteiger partial charge in [-0.05, 0) is 115 Å². The number of hydrogen-bond acceptors (Lipinski definition) is 8. The van der Waals surface area contributed by atoms with Gasteiger partial charge in [0.25, 0.3) is 0 Å². The molecule has 0 bridgehead atoms. The minimum atomic E-state index is -0.170. The molecule has 0 aliphatic heterocycles. The van der Waals surface area contributed by atoms with E-state index in [1.54, 1.807) is 45.3 Å². The Labute approximate surface area is 300 Å². The van der Waals surface area contributed by atoms with Crippen LogP contribution in [-0.4, -0.2) is 32.0 Å². The van der Waals surface area contributed by atoms with Crippen molar-refractivity contribution >= 4 is 69.1 Å². The zero-order valence-electron chi connectivity index (χ0n) is 26.7. The standard InChI is InChI=1S/C20H18N2OS2.C19H16N2OS2/c23-19(13-2-1-3-13)18-16-4-7-20(10-17(16)21-22-18,14-5-8-24-11-14)15-6-9-25-12-15;22-18(12-1-2-12)17-15-3-6-19(9-16(15)20-21-17,13-4-7-23-10-13)14-5-8-24-11-14/h4-9,11-13H,1-3,10H2,(H,21,22);3-8,10-12H,1-2,9H2,(H,20,21). The second kappa shape index (κ2) is 12.4. The Bertz CT molecular complexity index is 2090. The summed E-state index contributed by atoms with van der Waals surface area (Å²) < 4.78 is 0. The van der Waals surface area contributed by atoms with Crippen LogP contribution in [0.25, 0.3) is 12.2 Å². The molecular formula is C39H34N4O2S4. The van der Waals surface area contributed by atoms with Crippen LogP contribution in [0, 0.1) is 11.8 Å². The smallest absolute Gasteiger partial charge is 0.186 e. The van der Waals surface area contributed by atoms with Crippen LogP contribution in [0.15, 0.2) is 79.5 Å². The van der Waals surface area contributed by atoms with Crippen LogP contribution in [0.2, 0.25) is 0 Å². The maximum Gasteiger partial charge on any atom is 0.186 e. The van der Waals surface area contributed by atoms with Gasteiger partial charge in [-0.15, -0.1) is 0 Å². The monoisotopic (exact) mass is 718 g/mol. The van der Waals surface area contributed by atoms with Crippen molar-refractivity contribution in [3.05, 3.63) is 136 Å². The summed E-state index contributed by atoms with van der Waals surface area (Å²) in [7, 11) is 0. The number of nitrogens with one attached hydrogen (secondary N) is 2. The van der Waals surface area contributed by atoms with Gasteiger partial charge in [0.2, 0.25) is 0 Å². The molecule has 6 aromatic rings. The molecule has 0 atom stereocenters. The number of rotatable bonds is 8. The number of fused-ring (bicyclic) bond motifs is 2. The summed E-state index contributed by atoms with van der Waals surface area (Å²) in [5.41, 5.74) is 10.3. The average Bonchev–Trinajstić information content (AvgIpc) is 3.86. The van der Waals surface area contributed by atoms with Crippen molar-refractivity contribution < 1.29 is 9.59 Å². The van der Waals surface area contributed by atoms with Crippen LogP contribution < -0.4 is 0 Å². The highest BCUT2D eigenvalue weighted by molar-refractivity contribution is 7.08. The Morgan fingerprint density at radius 1 is 0.592 bits per heavy atom. The highest BCUT2D eigenvalue weighted by atomic mass is 32.1. The lowest BCUT2D eigenvalue weighted by atomic mass is 9.70. The molecule has 6 aromatic heterocycles. The van der Waals surface area contributed by atoms with Gasteiger partial charge in [0.15, 0.2) is 11.6 Å². The molecule has 10 heteroatoms. The van der Waals surface area contributed by atoms with Gasteiger partial charge < -0.3 is 0 Å². The van der Waals surface area contributed by atoms with E-state index in [1.807, 2.05) is 0 Å². The predicted octanol–water partition coefficient (Wildman–Crippen LogP) is 9.75. The minimum absolute atomic E-state index is 0.167. The topological polar surface area (TPSA) is 91.5 Å².